The van der Waals surface area contributed by atoms with Gasteiger partial charge in [-0.05, 0) is 36.8 Å². The Morgan fingerprint density at radius 3 is 2.67 bits per heavy atom. The highest BCUT2D eigenvalue weighted by atomic mass is 35.5. The fraction of sp³-hybridized carbons (Fsp3) is 0.238. The summed E-state index contributed by atoms with van der Waals surface area (Å²) in [5, 5.41) is 19.6. The summed E-state index contributed by atoms with van der Waals surface area (Å²) in [7, 11) is 0. The Morgan fingerprint density at radius 1 is 1.23 bits per heavy atom. The predicted molar refractivity (Wildman–Crippen MR) is 112 cm³/mol. The molecular weight excluding hydrogens is 410 g/mol. The number of carboxylic acids is 1. The van der Waals surface area contributed by atoms with E-state index >= 15 is 0 Å². The Hall–Kier alpha value is -3.39. The average molecular weight is 430 g/mol. The number of rotatable bonds is 6. The summed E-state index contributed by atoms with van der Waals surface area (Å²) >= 11 is 6.14. The third-order valence-corrected chi connectivity index (χ3v) is 4.90. The van der Waals surface area contributed by atoms with E-state index < -0.39 is 30.4 Å². The first kappa shape index (κ1) is 21.3. The van der Waals surface area contributed by atoms with Crippen LogP contribution in [0, 0.1) is 0 Å². The van der Waals surface area contributed by atoms with Crippen molar-refractivity contribution in [3.05, 3.63) is 58.6 Å². The van der Waals surface area contributed by atoms with Crippen LogP contribution < -0.4 is 10.6 Å². The van der Waals surface area contributed by atoms with Gasteiger partial charge < -0.3 is 20.8 Å². The number of nitrogens with two attached hydrogens (primary N) is 1. The minimum atomic E-state index is -1.18. The highest BCUT2D eigenvalue weighted by molar-refractivity contribution is 6.31. The average Bonchev–Trinajstić information content (AvgIpc) is 2.67. The summed E-state index contributed by atoms with van der Waals surface area (Å²) in [6.07, 6.45) is 0.156. The second-order valence-corrected chi connectivity index (χ2v) is 7.36. The number of amides is 2. The van der Waals surface area contributed by atoms with Crippen molar-refractivity contribution in [2.45, 2.75) is 25.3 Å². The lowest BCUT2D eigenvalue weighted by molar-refractivity contribution is -0.136. The number of halogens is 1. The van der Waals surface area contributed by atoms with Crippen molar-refractivity contribution < 1.29 is 24.6 Å². The van der Waals surface area contributed by atoms with Crippen LogP contribution >= 0.6 is 11.6 Å². The molecule has 0 saturated carbocycles. The summed E-state index contributed by atoms with van der Waals surface area (Å²) in [5.41, 5.74) is 7.09. The van der Waals surface area contributed by atoms with Gasteiger partial charge in [0.1, 0.15) is 12.3 Å². The van der Waals surface area contributed by atoms with Gasteiger partial charge in [0.05, 0.1) is 17.4 Å². The van der Waals surface area contributed by atoms with Crippen molar-refractivity contribution in [3.8, 4) is 5.75 Å². The molecule has 0 spiro atoms. The van der Waals surface area contributed by atoms with Gasteiger partial charge in [-0.2, -0.15) is 0 Å². The first-order valence-corrected chi connectivity index (χ1v) is 9.60. The molecule has 2 aromatic rings. The summed E-state index contributed by atoms with van der Waals surface area (Å²) in [6, 6.07) is 10.6. The maximum atomic E-state index is 12.9. The number of primary amides is 1. The fourth-order valence-electron chi connectivity index (χ4n) is 3.34. The van der Waals surface area contributed by atoms with Gasteiger partial charge in [-0.25, -0.2) is 0 Å². The second-order valence-electron chi connectivity index (χ2n) is 6.93. The number of hydrogen-bond acceptors (Lipinski definition) is 5. The van der Waals surface area contributed by atoms with Crippen LogP contribution in [0.1, 0.15) is 30.4 Å². The Bertz CT molecular complexity index is 1040. The van der Waals surface area contributed by atoms with Crippen LogP contribution in [0.3, 0.4) is 0 Å². The van der Waals surface area contributed by atoms with Gasteiger partial charge in [0, 0.05) is 29.0 Å². The van der Waals surface area contributed by atoms with Crippen molar-refractivity contribution in [1.82, 2.24) is 0 Å². The Balaban J connectivity index is 2.22. The van der Waals surface area contributed by atoms with E-state index in [1.165, 1.54) is 18.2 Å². The zero-order valence-electron chi connectivity index (χ0n) is 15.9. The number of fused-ring (bicyclic) bond motifs is 1. The van der Waals surface area contributed by atoms with E-state index in [9.17, 15) is 24.6 Å². The fourth-order valence-corrected chi connectivity index (χ4v) is 3.51. The number of carbonyl (C=O) groups excluding carboxylic acids is 2. The van der Waals surface area contributed by atoms with E-state index in [0.717, 1.165) is 4.90 Å². The normalized spacial score (nSPS) is 16.3. The number of aliphatic carboxylic acids is 1. The minimum absolute atomic E-state index is 0.0277. The van der Waals surface area contributed by atoms with Gasteiger partial charge in [0.15, 0.2) is 0 Å². The van der Waals surface area contributed by atoms with E-state index in [-0.39, 0.29) is 25.0 Å². The van der Waals surface area contributed by atoms with Crippen LogP contribution in [0.15, 0.2) is 47.5 Å². The molecule has 0 aromatic heterocycles. The largest absolute Gasteiger partial charge is 0.508 e. The van der Waals surface area contributed by atoms with Crippen molar-refractivity contribution in [3.63, 3.8) is 0 Å². The first-order chi connectivity index (χ1) is 14.2. The van der Waals surface area contributed by atoms with Crippen LogP contribution in [-0.2, 0) is 14.4 Å². The van der Waals surface area contributed by atoms with Gasteiger partial charge in [0.2, 0.25) is 11.8 Å². The summed E-state index contributed by atoms with van der Waals surface area (Å²) in [5.74, 6) is -2.12. The Kier molecular flexibility index (Phi) is 6.37. The molecule has 1 atom stereocenters. The predicted octanol–water partition coefficient (Wildman–Crippen LogP) is 2.34. The molecule has 2 aromatic carbocycles. The van der Waals surface area contributed by atoms with Crippen LogP contribution in [-0.4, -0.2) is 46.3 Å². The van der Waals surface area contributed by atoms with E-state index in [2.05, 4.69) is 0 Å². The number of phenols is 1. The highest BCUT2D eigenvalue weighted by Crippen LogP contribution is 2.32. The molecule has 0 bridgehead atoms. The summed E-state index contributed by atoms with van der Waals surface area (Å²) in [4.78, 5) is 41.5. The van der Waals surface area contributed by atoms with Crippen molar-refractivity contribution in [2.75, 3.05) is 11.4 Å². The Morgan fingerprint density at radius 2 is 2.00 bits per heavy atom. The molecular formula is C21H20ClN3O5. The smallest absolute Gasteiger partial charge is 0.323 e. The molecule has 0 fully saturated rings. The number of hydrogen-bond donors (Lipinski definition) is 3. The SMILES string of the molecule is NC(=O)CCC1CC(=O)N(CC(=O)O)c2cc(Cl)ccc2C(c2cccc(O)c2)=N1. The molecule has 1 unspecified atom stereocenters. The molecule has 1 aliphatic rings. The van der Waals surface area contributed by atoms with Crippen LogP contribution in [0.2, 0.25) is 5.02 Å². The second kappa shape index (κ2) is 8.96. The number of aromatic hydroxyl groups is 1. The zero-order chi connectivity index (χ0) is 21.8. The molecule has 0 aliphatic carbocycles. The minimum Gasteiger partial charge on any atom is -0.508 e. The van der Waals surface area contributed by atoms with E-state index in [0.29, 0.717) is 27.5 Å². The molecule has 0 saturated heterocycles. The van der Waals surface area contributed by atoms with Crippen LogP contribution in [0.5, 0.6) is 5.75 Å². The number of benzene rings is 2. The molecule has 1 aliphatic heterocycles. The standard InChI is InChI=1S/C21H20ClN3O5/c22-13-4-6-16-17(9-13)25(11-20(29)30)19(28)10-14(5-7-18(23)27)24-21(16)12-2-1-3-15(26)8-12/h1-4,6,8-9,14,26H,5,7,10-11H2,(H2,23,27)(H,29,30). The first-order valence-electron chi connectivity index (χ1n) is 9.22. The molecule has 156 valence electrons. The molecule has 0 radical (unpaired) electrons. The van der Waals surface area contributed by atoms with Gasteiger partial charge in [-0.1, -0.05) is 23.7 Å². The number of phenolic OH excluding ortho intramolecular Hbond substituents is 1. The Labute approximate surface area is 177 Å². The molecule has 2 amide bonds. The molecule has 4 N–H and O–H groups in total. The lowest BCUT2D eigenvalue weighted by atomic mass is 9.96. The maximum Gasteiger partial charge on any atom is 0.323 e. The molecule has 30 heavy (non-hydrogen) atoms. The quantitative estimate of drug-likeness (QED) is 0.648. The van der Waals surface area contributed by atoms with Gasteiger partial charge in [-0.3, -0.25) is 19.4 Å². The third-order valence-electron chi connectivity index (χ3n) is 4.67. The van der Waals surface area contributed by atoms with Gasteiger partial charge in [-0.15, -0.1) is 0 Å². The maximum absolute atomic E-state index is 12.9. The van der Waals surface area contributed by atoms with E-state index in [1.807, 2.05) is 0 Å². The third kappa shape index (κ3) is 4.96. The molecule has 1 heterocycles. The molecule has 9 heteroatoms. The summed E-state index contributed by atoms with van der Waals surface area (Å²) in [6.45, 7) is -0.554. The number of anilines is 1. The number of carboxylic acid groups (broad SMARTS) is 1. The molecule has 8 nitrogen and oxygen atoms in total. The van der Waals surface area contributed by atoms with Gasteiger partial charge in [0.25, 0.3) is 0 Å². The lowest BCUT2D eigenvalue weighted by Crippen LogP contribution is -2.39. The number of aliphatic imine (C=N–C) groups is 1. The van der Waals surface area contributed by atoms with Gasteiger partial charge >= 0.3 is 5.97 Å². The molecule has 3 rings (SSSR count). The lowest BCUT2D eigenvalue weighted by Gasteiger charge is -2.29. The summed E-state index contributed by atoms with van der Waals surface area (Å²) < 4.78 is 0. The van der Waals surface area contributed by atoms with E-state index in [1.54, 1.807) is 24.3 Å². The number of nitrogens with zero attached hydrogens (tertiary/aromatic N) is 2. The topological polar surface area (TPSA) is 133 Å². The highest BCUT2D eigenvalue weighted by Gasteiger charge is 2.29. The van der Waals surface area contributed by atoms with Crippen LogP contribution in [0.4, 0.5) is 5.69 Å². The number of carbonyl (C=O) groups is 3. The van der Waals surface area contributed by atoms with Crippen molar-refractivity contribution >= 4 is 40.8 Å². The van der Waals surface area contributed by atoms with Crippen LogP contribution in [0.25, 0.3) is 0 Å². The van der Waals surface area contributed by atoms with E-state index in [4.69, 9.17) is 22.3 Å². The monoisotopic (exact) mass is 429 g/mol. The van der Waals surface area contributed by atoms with Crippen molar-refractivity contribution in [1.29, 1.82) is 0 Å². The zero-order valence-corrected chi connectivity index (χ0v) is 16.7. The van der Waals surface area contributed by atoms with Crippen molar-refractivity contribution in [2.24, 2.45) is 10.7 Å².